The molecule has 2 aliphatic rings. The summed E-state index contributed by atoms with van der Waals surface area (Å²) in [5.41, 5.74) is 4.24. The van der Waals surface area contributed by atoms with Gasteiger partial charge in [-0.2, -0.15) is 0 Å². The number of hydrogen-bond donors (Lipinski definition) is 0. The maximum Gasteiger partial charge on any atom is 0.163 e. The van der Waals surface area contributed by atoms with E-state index in [1.165, 1.54) is 0 Å². The van der Waals surface area contributed by atoms with Gasteiger partial charge in [0, 0.05) is 67.5 Å². The van der Waals surface area contributed by atoms with Gasteiger partial charge in [-0.25, -0.2) is 15.0 Å². The number of hydrogen-bond acceptors (Lipinski definition) is 8. The first-order chi connectivity index (χ1) is 16.5. The zero-order valence-corrected chi connectivity index (χ0v) is 19.7. The quantitative estimate of drug-likeness (QED) is 0.452. The molecule has 2 saturated heterocycles. The number of fused-ring (bicyclic) bond motifs is 1. The van der Waals surface area contributed by atoms with Crippen molar-refractivity contribution in [1.29, 1.82) is 0 Å². The van der Waals surface area contributed by atoms with Gasteiger partial charge < -0.3 is 18.9 Å². The molecule has 6 rings (SSSR count). The Hall–Kier alpha value is -3.59. The monoisotopic (exact) mass is 457 g/mol. The Morgan fingerprint density at radius 1 is 1.18 bits per heavy atom. The fourth-order valence-corrected chi connectivity index (χ4v) is 5.04. The van der Waals surface area contributed by atoms with Gasteiger partial charge in [0.25, 0.3) is 0 Å². The van der Waals surface area contributed by atoms with Crippen LogP contribution in [0.3, 0.4) is 0 Å². The molecular weight excluding hydrogens is 430 g/mol. The van der Waals surface area contributed by atoms with Crippen molar-refractivity contribution in [3.63, 3.8) is 0 Å². The van der Waals surface area contributed by atoms with E-state index < -0.39 is 0 Å². The molecule has 9 heteroatoms. The van der Waals surface area contributed by atoms with Crippen LogP contribution in [0.25, 0.3) is 22.3 Å². The van der Waals surface area contributed by atoms with E-state index in [0.717, 1.165) is 83.5 Å². The first-order valence-electron chi connectivity index (χ1n) is 11.5. The van der Waals surface area contributed by atoms with Crippen LogP contribution in [0.2, 0.25) is 0 Å². The van der Waals surface area contributed by atoms with Crippen LogP contribution in [-0.4, -0.2) is 63.1 Å². The average molecular weight is 458 g/mol. The molecule has 0 aliphatic carbocycles. The van der Waals surface area contributed by atoms with Crippen molar-refractivity contribution < 1.29 is 9.47 Å². The van der Waals surface area contributed by atoms with Gasteiger partial charge in [-0.15, -0.1) is 10.2 Å². The van der Waals surface area contributed by atoms with Crippen molar-refractivity contribution in [2.24, 2.45) is 12.5 Å². The number of aromatic nitrogens is 6. The standard InChI is InChI=1S/C25H27N7O2/c1-16-10-27-24(32-12-25(13-32)6-7-34-14-25)22-19(16)11-26-21(29-22)9-17-4-5-18(8-20(17)33-3)23-30-28-15-31(23)2/h4-5,8,10-11,15H,6-7,9,12-14H2,1-3H3. The zero-order chi connectivity index (χ0) is 23.3. The number of anilines is 1. The van der Waals surface area contributed by atoms with Crippen molar-refractivity contribution >= 4 is 16.7 Å². The Morgan fingerprint density at radius 2 is 2.06 bits per heavy atom. The van der Waals surface area contributed by atoms with Crippen molar-refractivity contribution in [3.8, 4) is 17.1 Å². The lowest BCUT2D eigenvalue weighted by Crippen LogP contribution is -2.57. The summed E-state index contributed by atoms with van der Waals surface area (Å²) in [7, 11) is 3.60. The normalized spacial score (nSPS) is 16.9. The second kappa shape index (κ2) is 8.02. The van der Waals surface area contributed by atoms with Crippen molar-refractivity contribution in [2.45, 2.75) is 19.8 Å². The molecule has 2 fully saturated rings. The van der Waals surface area contributed by atoms with Gasteiger partial charge in [0.2, 0.25) is 0 Å². The number of benzene rings is 1. The summed E-state index contributed by atoms with van der Waals surface area (Å²) in [6.45, 7) is 5.69. The van der Waals surface area contributed by atoms with Gasteiger partial charge in [0.05, 0.1) is 13.7 Å². The lowest BCUT2D eigenvalue weighted by molar-refractivity contribution is 0.131. The lowest BCUT2D eigenvalue weighted by Gasteiger charge is -2.48. The molecule has 174 valence electrons. The summed E-state index contributed by atoms with van der Waals surface area (Å²) >= 11 is 0. The molecule has 0 bridgehead atoms. The number of ether oxygens (including phenoxy) is 2. The van der Waals surface area contributed by atoms with Gasteiger partial charge in [-0.05, 0) is 25.0 Å². The van der Waals surface area contributed by atoms with E-state index >= 15 is 0 Å². The summed E-state index contributed by atoms with van der Waals surface area (Å²) < 4.78 is 13.2. The van der Waals surface area contributed by atoms with Crippen molar-refractivity contribution in [2.75, 3.05) is 38.3 Å². The van der Waals surface area contributed by atoms with Crippen LogP contribution in [0.15, 0.2) is 36.9 Å². The molecule has 0 amide bonds. The van der Waals surface area contributed by atoms with Crippen LogP contribution in [0, 0.1) is 12.3 Å². The molecule has 0 saturated carbocycles. The van der Waals surface area contributed by atoms with Crippen LogP contribution >= 0.6 is 0 Å². The summed E-state index contributed by atoms with van der Waals surface area (Å²) in [5, 5.41) is 9.21. The molecular formula is C25H27N7O2. The fraction of sp³-hybridized carbons (Fsp3) is 0.400. The lowest BCUT2D eigenvalue weighted by atomic mass is 9.79. The molecule has 0 unspecified atom stereocenters. The van der Waals surface area contributed by atoms with E-state index in [1.807, 2.05) is 42.2 Å². The third-order valence-corrected chi connectivity index (χ3v) is 7.00. The van der Waals surface area contributed by atoms with Gasteiger partial charge in [-0.3, -0.25) is 0 Å². The van der Waals surface area contributed by atoms with Crippen LogP contribution in [-0.2, 0) is 18.2 Å². The van der Waals surface area contributed by atoms with Gasteiger partial charge in [0.15, 0.2) is 11.6 Å². The molecule has 0 atom stereocenters. The Kier molecular flexibility index (Phi) is 4.95. The highest BCUT2D eigenvalue weighted by Gasteiger charge is 2.46. The average Bonchev–Trinajstić information content (AvgIpc) is 3.48. The molecule has 2 aliphatic heterocycles. The first-order valence-corrected chi connectivity index (χ1v) is 11.5. The van der Waals surface area contributed by atoms with Crippen molar-refractivity contribution in [1.82, 2.24) is 29.7 Å². The Morgan fingerprint density at radius 3 is 2.79 bits per heavy atom. The van der Waals surface area contributed by atoms with Crippen LogP contribution in [0.4, 0.5) is 5.82 Å². The van der Waals surface area contributed by atoms with Crippen LogP contribution in [0.5, 0.6) is 5.75 Å². The molecule has 0 radical (unpaired) electrons. The molecule has 1 aromatic carbocycles. The Labute approximate surface area is 197 Å². The van der Waals surface area contributed by atoms with E-state index in [0.29, 0.717) is 6.42 Å². The molecule has 0 N–H and O–H groups in total. The third-order valence-electron chi connectivity index (χ3n) is 7.00. The van der Waals surface area contributed by atoms with Gasteiger partial charge >= 0.3 is 0 Å². The fourth-order valence-electron chi connectivity index (χ4n) is 5.04. The minimum atomic E-state index is 0.284. The molecule has 34 heavy (non-hydrogen) atoms. The Balaban J connectivity index is 1.32. The maximum absolute atomic E-state index is 5.70. The predicted molar refractivity (Wildman–Crippen MR) is 128 cm³/mol. The summed E-state index contributed by atoms with van der Waals surface area (Å²) in [6.07, 6.45) is 7.21. The second-order valence-electron chi connectivity index (χ2n) is 9.44. The Bertz CT molecular complexity index is 1370. The smallest absolute Gasteiger partial charge is 0.163 e. The van der Waals surface area contributed by atoms with E-state index in [1.54, 1.807) is 13.4 Å². The third kappa shape index (κ3) is 3.47. The SMILES string of the molecule is COc1cc(-c2nncn2C)ccc1Cc1ncc2c(C)cnc(N3CC4(CCOC4)C3)c2n1. The number of rotatable bonds is 5. The minimum absolute atomic E-state index is 0.284. The van der Waals surface area contributed by atoms with Crippen LogP contribution in [0.1, 0.15) is 23.4 Å². The second-order valence-corrected chi connectivity index (χ2v) is 9.44. The molecule has 9 nitrogen and oxygen atoms in total. The highest BCUT2D eigenvalue weighted by molar-refractivity contribution is 5.90. The predicted octanol–water partition coefficient (Wildman–Crippen LogP) is 2.95. The van der Waals surface area contributed by atoms with E-state index in [4.69, 9.17) is 19.4 Å². The number of pyridine rings is 1. The topological polar surface area (TPSA) is 91.1 Å². The molecule has 5 heterocycles. The van der Waals surface area contributed by atoms with E-state index in [2.05, 4.69) is 27.0 Å². The summed E-state index contributed by atoms with van der Waals surface area (Å²) in [6, 6.07) is 6.06. The molecule has 1 spiro atoms. The summed E-state index contributed by atoms with van der Waals surface area (Å²) in [5.74, 6) is 3.24. The minimum Gasteiger partial charge on any atom is -0.496 e. The molecule has 3 aromatic heterocycles. The first kappa shape index (κ1) is 21.0. The van der Waals surface area contributed by atoms with Gasteiger partial charge in [-0.1, -0.05) is 12.1 Å². The highest BCUT2D eigenvalue weighted by Crippen LogP contribution is 2.42. The van der Waals surface area contributed by atoms with Crippen molar-refractivity contribution in [3.05, 3.63) is 53.9 Å². The summed E-state index contributed by atoms with van der Waals surface area (Å²) in [4.78, 5) is 16.8. The maximum atomic E-state index is 5.70. The highest BCUT2D eigenvalue weighted by atomic mass is 16.5. The number of aryl methyl sites for hydroxylation is 2. The van der Waals surface area contributed by atoms with Gasteiger partial charge in [0.1, 0.15) is 23.4 Å². The number of methoxy groups -OCH3 is 1. The van der Waals surface area contributed by atoms with Crippen LogP contribution < -0.4 is 9.64 Å². The van der Waals surface area contributed by atoms with E-state index in [9.17, 15) is 0 Å². The zero-order valence-electron chi connectivity index (χ0n) is 19.7. The number of nitrogens with zero attached hydrogens (tertiary/aromatic N) is 7. The largest absolute Gasteiger partial charge is 0.496 e. The van der Waals surface area contributed by atoms with E-state index in [-0.39, 0.29) is 5.41 Å². The molecule has 4 aromatic rings.